The van der Waals surface area contributed by atoms with E-state index in [1.54, 1.807) is 13.3 Å². The Balaban J connectivity index is 1.52. The van der Waals surface area contributed by atoms with Crippen LogP contribution >= 0.6 is 0 Å². The summed E-state index contributed by atoms with van der Waals surface area (Å²) in [5.41, 5.74) is 4.44. The smallest absolute Gasteiger partial charge is 0.227 e. The minimum atomic E-state index is 0.367. The zero-order chi connectivity index (χ0) is 19.3. The maximum absolute atomic E-state index is 5.92. The number of pyridine rings is 1. The highest BCUT2D eigenvalue weighted by Crippen LogP contribution is 2.27. The summed E-state index contributed by atoms with van der Waals surface area (Å²) in [6.45, 7) is 1.16. The van der Waals surface area contributed by atoms with Gasteiger partial charge in [0.15, 0.2) is 5.58 Å². The van der Waals surface area contributed by atoms with E-state index in [2.05, 4.69) is 27.4 Å². The lowest BCUT2D eigenvalue weighted by atomic mass is 10.1. The first-order chi connectivity index (χ1) is 13.7. The number of methoxy groups -OCH3 is 1. The van der Waals surface area contributed by atoms with Crippen molar-refractivity contribution in [3.8, 4) is 23.0 Å². The molecule has 0 bridgehead atoms. The van der Waals surface area contributed by atoms with E-state index >= 15 is 0 Å². The van der Waals surface area contributed by atoms with Gasteiger partial charge in [0.1, 0.15) is 23.6 Å². The molecule has 0 fully saturated rings. The second-order valence-electron chi connectivity index (χ2n) is 6.36. The van der Waals surface area contributed by atoms with Crippen LogP contribution in [0.4, 0.5) is 0 Å². The number of ether oxygens (including phenoxy) is 2. The van der Waals surface area contributed by atoms with Crippen LogP contribution in [-0.4, -0.2) is 24.1 Å². The number of hydrogen-bond donors (Lipinski definition) is 1. The van der Waals surface area contributed by atoms with E-state index < -0.39 is 0 Å². The molecule has 0 saturated heterocycles. The molecule has 4 aromatic rings. The third-order valence-electron chi connectivity index (χ3n) is 4.33. The van der Waals surface area contributed by atoms with Crippen LogP contribution in [0.2, 0.25) is 0 Å². The van der Waals surface area contributed by atoms with Gasteiger partial charge in [-0.15, -0.1) is 0 Å². The molecule has 4 rings (SSSR count). The maximum atomic E-state index is 5.92. The highest BCUT2D eigenvalue weighted by atomic mass is 16.5. The van der Waals surface area contributed by atoms with Gasteiger partial charge in [-0.25, -0.2) is 4.98 Å². The quantitative estimate of drug-likeness (QED) is 0.522. The van der Waals surface area contributed by atoms with E-state index in [-0.39, 0.29) is 0 Å². The van der Waals surface area contributed by atoms with Crippen LogP contribution in [0, 0.1) is 0 Å². The fraction of sp³-hybridized carbons (Fsp3) is 0.182. The molecule has 0 amide bonds. The van der Waals surface area contributed by atoms with Crippen molar-refractivity contribution in [2.45, 2.75) is 13.2 Å². The molecule has 6 heteroatoms. The first-order valence-electron chi connectivity index (χ1n) is 9.01. The van der Waals surface area contributed by atoms with E-state index in [4.69, 9.17) is 13.9 Å². The highest BCUT2D eigenvalue weighted by molar-refractivity contribution is 5.77. The molecule has 0 aliphatic rings. The van der Waals surface area contributed by atoms with Crippen LogP contribution in [0.3, 0.4) is 0 Å². The molecule has 2 heterocycles. The van der Waals surface area contributed by atoms with Crippen LogP contribution in [0.25, 0.3) is 22.6 Å². The number of nitrogens with one attached hydrogen (secondary N) is 1. The maximum Gasteiger partial charge on any atom is 0.227 e. The van der Waals surface area contributed by atoms with Gasteiger partial charge >= 0.3 is 0 Å². The van der Waals surface area contributed by atoms with Gasteiger partial charge in [0, 0.05) is 18.2 Å². The number of benzene rings is 2. The lowest BCUT2D eigenvalue weighted by Gasteiger charge is -2.06. The molecule has 0 aliphatic heterocycles. The normalized spacial score (nSPS) is 10.9. The van der Waals surface area contributed by atoms with E-state index in [1.807, 2.05) is 49.5 Å². The third kappa shape index (κ3) is 3.97. The summed E-state index contributed by atoms with van der Waals surface area (Å²) < 4.78 is 16.9. The first kappa shape index (κ1) is 18.0. The summed E-state index contributed by atoms with van der Waals surface area (Å²) in [7, 11) is 3.54. The van der Waals surface area contributed by atoms with Gasteiger partial charge in [0.25, 0.3) is 0 Å². The van der Waals surface area contributed by atoms with Crippen LogP contribution in [0.15, 0.2) is 65.2 Å². The molecule has 0 unspecified atom stereocenters. The Morgan fingerprint density at radius 1 is 1.04 bits per heavy atom. The van der Waals surface area contributed by atoms with Gasteiger partial charge in [-0.1, -0.05) is 12.1 Å². The lowest BCUT2D eigenvalue weighted by Crippen LogP contribution is -2.04. The van der Waals surface area contributed by atoms with Crippen molar-refractivity contribution in [2.24, 2.45) is 0 Å². The molecular formula is C22H21N3O3. The molecule has 1 N–H and O–H groups in total. The van der Waals surface area contributed by atoms with E-state index in [1.165, 1.54) is 5.56 Å². The Morgan fingerprint density at radius 3 is 2.71 bits per heavy atom. The van der Waals surface area contributed by atoms with Crippen molar-refractivity contribution < 1.29 is 13.9 Å². The summed E-state index contributed by atoms with van der Waals surface area (Å²) in [6, 6.07) is 17.5. The minimum Gasteiger partial charge on any atom is -0.495 e. The standard InChI is InChI=1S/C22H21N3O3/c1-23-12-15-4-3-5-16(10-15)22-25-20-11-18(8-9-21(20)28-22)27-14-17-6-7-19(26-2)13-24-17/h3-11,13,23H,12,14H2,1-2H3. The Hall–Kier alpha value is -3.38. The van der Waals surface area contributed by atoms with Gasteiger partial charge in [-0.3, -0.25) is 4.98 Å². The third-order valence-corrected chi connectivity index (χ3v) is 4.33. The Bertz CT molecular complexity index is 1070. The van der Waals surface area contributed by atoms with Crippen LogP contribution in [0.5, 0.6) is 11.5 Å². The zero-order valence-corrected chi connectivity index (χ0v) is 15.8. The van der Waals surface area contributed by atoms with Gasteiger partial charge < -0.3 is 19.2 Å². The predicted octanol–water partition coefficient (Wildman–Crippen LogP) is 4.20. The van der Waals surface area contributed by atoms with E-state index in [9.17, 15) is 0 Å². The number of hydrogen-bond acceptors (Lipinski definition) is 6. The molecule has 0 radical (unpaired) electrons. The van der Waals surface area contributed by atoms with Gasteiger partial charge in [-0.05, 0) is 49.0 Å². The van der Waals surface area contributed by atoms with Crippen LogP contribution in [-0.2, 0) is 13.2 Å². The van der Waals surface area contributed by atoms with Crippen LogP contribution in [0.1, 0.15) is 11.3 Å². The van der Waals surface area contributed by atoms with E-state index in [0.717, 1.165) is 34.7 Å². The van der Waals surface area contributed by atoms with E-state index in [0.29, 0.717) is 18.2 Å². The topological polar surface area (TPSA) is 69.4 Å². The van der Waals surface area contributed by atoms with Gasteiger partial charge in [0.2, 0.25) is 5.89 Å². The van der Waals surface area contributed by atoms with Gasteiger partial charge in [0.05, 0.1) is 19.0 Å². The fourth-order valence-corrected chi connectivity index (χ4v) is 2.91. The largest absolute Gasteiger partial charge is 0.495 e. The van der Waals surface area contributed by atoms with Gasteiger partial charge in [-0.2, -0.15) is 0 Å². The van der Waals surface area contributed by atoms with Crippen molar-refractivity contribution in [3.63, 3.8) is 0 Å². The summed E-state index contributed by atoms with van der Waals surface area (Å²) in [4.78, 5) is 8.93. The fourth-order valence-electron chi connectivity index (χ4n) is 2.91. The monoisotopic (exact) mass is 375 g/mol. The van der Waals surface area contributed by atoms with Crippen molar-refractivity contribution >= 4 is 11.1 Å². The molecule has 6 nitrogen and oxygen atoms in total. The summed E-state index contributed by atoms with van der Waals surface area (Å²) in [5.74, 6) is 2.04. The molecule has 0 saturated carbocycles. The number of aromatic nitrogens is 2. The van der Waals surface area contributed by atoms with Crippen LogP contribution < -0.4 is 14.8 Å². The molecule has 142 valence electrons. The Morgan fingerprint density at radius 2 is 1.93 bits per heavy atom. The summed E-state index contributed by atoms with van der Waals surface area (Å²) in [6.07, 6.45) is 1.67. The predicted molar refractivity (Wildman–Crippen MR) is 107 cm³/mol. The summed E-state index contributed by atoms with van der Waals surface area (Å²) >= 11 is 0. The molecule has 0 atom stereocenters. The zero-order valence-electron chi connectivity index (χ0n) is 15.8. The molecular weight excluding hydrogens is 354 g/mol. The molecule has 2 aromatic carbocycles. The average molecular weight is 375 g/mol. The molecule has 28 heavy (non-hydrogen) atoms. The Labute approximate surface area is 163 Å². The highest BCUT2D eigenvalue weighted by Gasteiger charge is 2.10. The molecule has 0 spiro atoms. The SMILES string of the molecule is CNCc1cccc(-c2nc3cc(OCc4ccc(OC)cn4)ccc3o2)c1. The second kappa shape index (κ2) is 8.10. The van der Waals surface area contributed by atoms with Crippen molar-refractivity contribution in [1.82, 2.24) is 15.3 Å². The van der Waals surface area contributed by atoms with Crippen molar-refractivity contribution in [2.75, 3.05) is 14.2 Å². The Kier molecular flexibility index (Phi) is 5.21. The molecule has 0 aliphatic carbocycles. The number of oxazole rings is 1. The van der Waals surface area contributed by atoms with Crippen molar-refractivity contribution in [1.29, 1.82) is 0 Å². The molecule has 2 aromatic heterocycles. The first-order valence-corrected chi connectivity index (χ1v) is 9.01. The van der Waals surface area contributed by atoms with Crippen molar-refractivity contribution in [3.05, 3.63) is 72.1 Å². The summed E-state index contributed by atoms with van der Waals surface area (Å²) in [5, 5.41) is 3.15. The number of nitrogens with zero attached hydrogens (tertiary/aromatic N) is 2. The second-order valence-corrected chi connectivity index (χ2v) is 6.36. The minimum absolute atomic E-state index is 0.367. The number of rotatable bonds is 7. The average Bonchev–Trinajstić information content (AvgIpc) is 3.16. The lowest BCUT2D eigenvalue weighted by molar-refractivity contribution is 0.301. The number of fused-ring (bicyclic) bond motifs is 1.